The van der Waals surface area contributed by atoms with E-state index in [-0.39, 0.29) is 12.4 Å². The molecule has 0 aliphatic heterocycles. The highest BCUT2D eigenvalue weighted by molar-refractivity contribution is 5.34. The van der Waals surface area contributed by atoms with Crippen LogP contribution >= 0.6 is 0 Å². The highest BCUT2D eigenvalue weighted by Gasteiger charge is 2.15. The van der Waals surface area contributed by atoms with Gasteiger partial charge in [-0.2, -0.15) is 0 Å². The quantitative estimate of drug-likeness (QED) is 0.818. The molecule has 21 heavy (non-hydrogen) atoms. The van der Waals surface area contributed by atoms with Crippen molar-refractivity contribution in [2.45, 2.75) is 20.0 Å². The Morgan fingerprint density at radius 1 is 1.38 bits per heavy atom. The first-order chi connectivity index (χ1) is 10.2. The number of hydrogen-bond donors (Lipinski definition) is 2. The van der Waals surface area contributed by atoms with Crippen LogP contribution in [0.4, 0.5) is 4.39 Å². The minimum Gasteiger partial charge on any atom is -0.496 e. The van der Waals surface area contributed by atoms with Crippen molar-refractivity contribution in [3.63, 3.8) is 0 Å². The van der Waals surface area contributed by atoms with E-state index in [1.807, 2.05) is 11.8 Å². The van der Waals surface area contributed by atoms with E-state index in [4.69, 9.17) is 4.74 Å². The monoisotopic (exact) mass is 293 g/mol. The number of H-pyrrole nitrogens is 1. The van der Waals surface area contributed by atoms with Crippen LogP contribution in [0.3, 0.4) is 0 Å². The summed E-state index contributed by atoms with van der Waals surface area (Å²) in [6, 6.07) is 4.76. The molecule has 0 fully saturated rings. The highest BCUT2D eigenvalue weighted by atomic mass is 19.1. The maximum Gasteiger partial charge on any atom is 0.131 e. The van der Waals surface area contributed by atoms with Crippen LogP contribution in [-0.2, 0) is 13.1 Å². The third-order valence-electron chi connectivity index (χ3n) is 3.40. The van der Waals surface area contributed by atoms with Crippen molar-refractivity contribution < 1.29 is 14.2 Å². The summed E-state index contributed by atoms with van der Waals surface area (Å²) < 4.78 is 19.2. The molecule has 0 bridgehead atoms. The summed E-state index contributed by atoms with van der Waals surface area (Å²) in [6.07, 6.45) is 1.63. The third-order valence-corrected chi connectivity index (χ3v) is 3.40. The molecule has 0 unspecified atom stereocenters. The number of rotatable bonds is 7. The van der Waals surface area contributed by atoms with Gasteiger partial charge in [0.1, 0.15) is 11.6 Å². The summed E-state index contributed by atoms with van der Waals surface area (Å²) in [5.74, 6) is 0.202. The van der Waals surface area contributed by atoms with Gasteiger partial charge in [-0.1, -0.05) is 6.07 Å². The number of methoxy groups -OCH3 is 1. The Morgan fingerprint density at radius 2 is 2.19 bits per heavy atom. The average molecular weight is 293 g/mol. The molecular weight excluding hydrogens is 273 g/mol. The number of aromatic nitrogens is 2. The van der Waals surface area contributed by atoms with Gasteiger partial charge in [0.05, 0.1) is 25.7 Å². The molecular formula is C15H20FN3O2. The molecule has 0 aliphatic rings. The SMILES string of the molecule is COc1cccc(F)c1CN(CCO)Cc1nc[nH]c1C. The lowest BCUT2D eigenvalue weighted by atomic mass is 10.1. The largest absolute Gasteiger partial charge is 0.496 e. The first kappa shape index (κ1) is 15.5. The van der Waals surface area contributed by atoms with Crippen molar-refractivity contribution in [3.05, 3.63) is 47.3 Å². The molecule has 0 saturated heterocycles. The van der Waals surface area contributed by atoms with E-state index in [1.54, 1.807) is 18.5 Å². The zero-order chi connectivity index (χ0) is 15.2. The second-order valence-electron chi connectivity index (χ2n) is 4.83. The topological polar surface area (TPSA) is 61.4 Å². The maximum absolute atomic E-state index is 14.0. The fourth-order valence-electron chi connectivity index (χ4n) is 2.22. The maximum atomic E-state index is 14.0. The van der Waals surface area contributed by atoms with Crippen molar-refractivity contribution in [2.24, 2.45) is 0 Å². The van der Waals surface area contributed by atoms with Crippen LogP contribution in [-0.4, -0.2) is 40.2 Å². The normalized spacial score (nSPS) is 11.1. The Morgan fingerprint density at radius 3 is 2.81 bits per heavy atom. The lowest BCUT2D eigenvalue weighted by Crippen LogP contribution is -2.27. The van der Waals surface area contributed by atoms with Gasteiger partial charge in [0.2, 0.25) is 0 Å². The van der Waals surface area contributed by atoms with Crippen LogP contribution in [0.5, 0.6) is 5.75 Å². The first-order valence-corrected chi connectivity index (χ1v) is 6.79. The van der Waals surface area contributed by atoms with Gasteiger partial charge in [0, 0.05) is 30.9 Å². The third kappa shape index (κ3) is 3.80. The molecule has 6 heteroatoms. The van der Waals surface area contributed by atoms with E-state index in [9.17, 15) is 9.50 Å². The van der Waals surface area contributed by atoms with Gasteiger partial charge >= 0.3 is 0 Å². The zero-order valence-corrected chi connectivity index (χ0v) is 12.3. The molecule has 0 saturated carbocycles. The molecule has 1 heterocycles. The number of nitrogens with zero attached hydrogens (tertiary/aromatic N) is 2. The van der Waals surface area contributed by atoms with Crippen LogP contribution in [0.2, 0.25) is 0 Å². The number of aryl methyl sites for hydroxylation is 1. The lowest BCUT2D eigenvalue weighted by Gasteiger charge is -2.22. The lowest BCUT2D eigenvalue weighted by molar-refractivity contribution is 0.179. The fourth-order valence-corrected chi connectivity index (χ4v) is 2.22. The van der Waals surface area contributed by atoms with Gasteiger partial charge in [-0.05, 0) is 19.1 Å². The van der Waals surface area contributed by atoms with Crippen LogP contribution < -0.4 is 4.74 Å². The molecule has 2 aromatic rings. The number of hydrogen-bond acceptors (Lipinski definition) is 4. The Hall–Kier alpha value is -1.92. The molecule has 0 aliphatic carbocycles. The van der Waals surface area contributed by atoms with Crippen LogP contribution in [0.1, 0.15) is 17.0 Å². The van der Waals surface area contributed by atoms with Gasteiger partial charge < -0.3 is 14.8 Å². The average Bonchev–Trinajstić information content (AvgIpc) is 2.86. The number of ether oxygens (including phenoxy) is 1. The Balaban J connectivity index is 2.18. The van der Waals surface area contributed by atoms with E-state index in [0.717, 1.165) is 11.4 Å². The second-order valence-corrected chi connectivity index (χ2v) is 4.83. The van der Waals surface area contributed by atoms with Crippen molar-refractivity contribution in [2.75, 3.05) is 20.3 Å². The molecule has 1 aromatic carbocycles. The fraction of sp³-hybridized carbons (Fsp3) is 0.400. The summed E-state index contributed by atoms with van der Waals surface area (Å²) in [6.45, 7) is 3.25. The molecule has 0 spiro atoms. The summed E-state index contributed by atoms with van der Waals surface area (Å²) in [7, 11) is 1.52. The van der Waals surface area contributed by atoms with Crippen molar-refractivity contribution in [1.29, 1.82) is 0 Å². The van der Waals surface area contributed by atoms with E-state index >= 15 is 0 Å². The van der Waals surface area contributed by atoms with Crippen LogP contribution in [0.15, 0.2) is 24.5 Å². The molecule has 0 atom stereocenters. The standard InChI is InChI=1S/C15H20FN3O2/c1-11-14(18-10-17-11)9-19(6-7-20)8-12-13(16)4-3-5-15(12)21-2/h3-5,10,20H,6-9H2,1-2H3,(H,17,18). The predicted molar refractivity (Wildman–Crippen MR) is 77.5 cm³/mol. The number of aliphatic hydroxyl groups excluding tert-OH is 1. The van der Waals surface area contributed by atoms with Gasteiger partial charge in [-0.3, -0.25) is 4.90 Å². The number of benzene rings is 1. The number of aliphatic hydroxyl groups is 1. The van der Waals surface area contributed by atoms with Crippen LogP contribution in [0.25, 0.3) is 0 Å². The van der Waals surface area contributed by atoms with Crippen molar-refractivity contribution in [3.8, 4) is 5.75 Å². The predicted octanol–water partition coefficient (Wildman–Crippen LogP) is 1.86. The first-order valence-electron chi connectivity index (χ1n) is 6.79. The minimum absolute atomic E-state index is 0.000237. The smallest absolute Gasteiger partial charge is 0.131 e. The highest BCUT2D eigenvalue weighted by Crippen LogP contribution is 2.23. The molecule has 2 N–H and O–H groups in total. The van der Waals surface area contributed by atoms with Gasteiger partial charge in [0.25, 0.3) is 0 Å². The van der Waals surface area contributed by atoms with Crippen molar-refractivity contribution >= 4 is 0 Å². The number of nitrogens with one attached hydrogen (secondary N) is 1. The van der Waals surface area contributed by atoms with E-state index < -0.39 is 0 Å². The Labute approximate surface area is 123 Å². The minimum atomic E-state index is -0.309. The molecule has 1 aromatic heterocycles. The summed E-state index contributed by atoms with van der Waals surface area (Å²) in [5.41, 5.74) is 2.35. The van der Waals surface area contributed by atoms with Gasteiger partial charge in [-0.15, -0.1) is 0 Å². The zero-order valence-electron chi connectivity index (χ0n) is 12.3. The second kappa shape index (κ2) is 7.19. The van der Waals surface area contributed by atoms with Gasteiger partial charge in [0.15, 0.2) is 0 Å². The van der Waals surface area contributed by atoms with E-state index in [2.05, 4.69) is 9.97 Å². The Kier molecular flexibility index (Phi) is 5.30. The van der Waals surface area contributed by atoms with Gasteiger partial charge in [-0.25, -0.2) is 9.37 Å². The van der Waals surface area contributed by atoms with E-state index in [0.29, 0.717) is 30.9 Å². The molecule has 0 radical (unpaired) electrons. The van der Waals surface area contributed by atoms with Crippen molar-refractivity contribution in [1.82, 2.24) is 14.9 Å². The summed E-state index contributed by atoms with van der Waals surface area (Å²) >= 11 is 0. The molecule has 2 rings (SSSR count). The molecule has 114 valence electrons. The Bertz CT molecular complexity index is 586. The summed E-state index contributed by atoms with van der Waals surface area (Å²) in [5, 5.41) is 9.21. The number of aromatic amines is 1. The summed E-state index contributed by atoms with van der Waals surface area (Å²) in [4.78, 5) is 9.19. The molecule has 5 nitrogen and oxygen atoms in total. The number of imidazole rings is 1. The van der Waals surface area contributed by atoms with E-state index in [1.165, 1.54) is 13.2 Å². The molecule has 0 amide bonds. The van der Waals surface area contributed by atoms with Crippen LogP contribution in [0, 0.1) is 12.7 Å². The number of halogens is 1.